The summed E-state index contributed by atoms with van der Waals surface area (Å²) in [5.74, 6) is 0. The first-order chi connectivity index (χ1) is 20.5. The Morgan fingerprint density at radius 3 is 1.41 bits per heavy atom. The maximum absolute atomic E-state index is 12.5. The van der Waals surface area contributed by atoms with Gasteiger partial charge in [-0.2, -0.15) is 26.3 Å². The molecule has 0 aromatic heterocycles. The van der Waals surface area contributed by atoms with Crippen molar-refractivity contribution in [3.8, 4) is 0 Å². The van der Waals surface area contributed by atoms with Crippen LogP contribution in [0.1, 0.15) is 36.8 Å². The molecule has 0 spiro atoms. The minimum Gasteiger partial charge on any atom is -0.335 e. The minimum atomic E-state index is -4.42. The Hall–Kier alpha value is -3.57. The average molecular weight is 653 g/mol. The fraction of sp³-hybridized carbons (Fsp3) is 0.481. The molecule has 17 heteroatoms. The Balaban J connectivity index is 0.000000244. The van der Waals surface area contributed by atoms with Crippen LogP contribution in [0, 0.1) is 0 Å². The van der Waals surface area contributed by atoms with Gasteiger partial charge in [-0.3, -0.25) is 0 Å². The molecule has 0 aliphatic carbocycles. The first kappa shape index (κ1) is 34.9. The third kappa shape index (κ3) is 11.5. The van der Waals surface area contributed by atoms with Crippen molar-refractivity contribution in [2.24, 2.45) is 0 Å². The van der Waals surface area contributed by atoms with Crippen molar-refractivity contribution in [3.63, 3.8) is 0 Å². The normalized spacial score (nSPS) is 17.2. The summed E-state index contributed by atoms with van der Waals surface area (Å²) in [5, 5.41) is 13.7. The molecule has 2 fully saturated rings. The topological polar surface area (TPSA) is 132 Å². The van der Waals surface area contributed by atoms with Crippen LogP contribution in [-0.2, 0) is 22.4 Å². The van der Waals surface area contributed by atoms with Crippen LogP contribution < -0.4 is 26.6 Å². The minimum absolute atomic E-state index is 0.102. The van der Waals surface area contributed by atoms with Crippen LogP contribution in [0.25, 0.3) is 0 Å². The van der Waals surface area contributed by atoms with E-state index in [1.807, 2.05) is 0 Å². The van der Waals surface area contributed by atoms with Crippen molar-refractivity contribution in [1.82, 2.24) is 20.3 Å². The van der Waals surface area contributed by atoms with Gasteiger partial charge in [0.1, 0.15) is 0 Å². The number of alkyl halides is 6. The number of urea groups is 2. The van der Waals surface area contributed by atoms with Crippen molar-refractivity contribution < 1.29 is 44.3 Å². The smallest absolute Gasteiger partial charge is 0.335 e. The second-order valence-corrected chi connectivity index (χ2v) is 12.3. The highest BCUT2D eigenvalue weighted by Gasteiger charge is 2.31. The van der Waals surface area contributed by atoms with Gasteiger partial charge in [-0.25, -0.2) is 22.3 Å². The van der Waals surface area contributed by atoms with Crippen molar-refractivity contribution in [2.45, 2.75) is 50.1 Å². The highest BCUT2D eigenvalue weighted by atomic mass is 32.2. The maximum atomic E-state index is 12.5. The Morgan fingerprint density at radius 1 is 0.705 bits per heavy atom. The number of rotatable bonds is 5. The number of nitrogens with one attached hydrogen (secondary N) is 5. The maximum Gasteiger partial charge on any atom is 0.416 e. The van der Waals surface area contributed by atoms with Crippen LogP contribution in [0.3, 0.4) is 0 Å². The zero-order valence-corrected chi connectivity index (χ0v) is 24.5. The zero-order valence-electron chi connectivity index (χ0n) is 23.7. The predicted molar refractivity (Wildman–Crippen MR) is 153 cm³/mol. The summed E-state index contributed by atoms with van der Waals surface area (Å²) >= 11 is 0. The molecule has 2 aliphatic heterocycles. The Kier molecular flexibility index (Phi) is 11.9. The van der Waals surface area contributed by atoms with E-state index in [0.717, 1.165) is 56.5 Å². The van der Waals surface area contributed by atoms with Gasteiger partial charge in [0.05, 0.1) is 17.4 Å². The van der Waals surface area contributed by atoms with Gasteiger partial charge in [0.25, 0.3) is 0 Å². The predicted octanol–water partition coefficient (Wildman–Crippen LogP) is 4.83. The van der Waals surface area contributed by atoms with Crippen molar-refractivity contribution >= 4 is 33.5 Å². The summed E-state index contributed by atoms with van der Waals surface area (Å²) in [6.07, 6.45) is -5.00. The van der Waals surface area contributed by atoms with Crippen LogP contribution in [0.15, 0.2) is 48.5 Å². The zero-order chi connectivity index (χ0) is 32.5. The van der Waals surface area contributed by atoms with Gasteiger partial charge in [0.15, 0.2) is 0 Å². The number of carbonyl (C=O) groups is 2. The summed E-state index contributed by atoms with van der Waals surface area (Å²) in [5.41, 5.74) is -0.943. The lowest BCUT2D eigenvalue weighted by Gasteiger charge is -2.30. The average Bonchev–Trinajstić information content (AvgIpc) is 2.93. The molecule has 0 atom stereocenters. The molecule has 2 aliphatic rings. The lowest BCUT2D eigenvalue weighted by Crippen LogP contribution is -2.47. The van der Waals surface area contributed by atoms with Crippen LogP contribution in [0.4, 0.5) is 47.3 Å². The molecule has 244 valence electrons. The summed E-state index contributed by atoms with van der Waals surface area (Å²) < 4.78 is 98.7. The van der Waals surface area contributed by atoms with Crippen LogP contribution in [-0.4, -0.2) is 69.3 Å². The van der Waals surface area contributed by atoms with Gasteiger partial charge < -0.3 is 26.6 Å². The quantitative estimate of drug-likeness (QED) is 0.296. The highest BCUT2D eigenvalue weighted by Crippen LogP contribution is 2.30. The molecule has 44 heavy (non-hydrogen) atoms. The van der Waals surface area contributed by atoms with Gasteiger partial charge >= 0.3 is 24.4 Å². The molecule has 2 heterocycles. The molecule has 4 amide bonds. The van der Waals surface area contributed by atoms with E-state index < -0.39 is 45.6 Å². The third-order valence-corrected chi connectivity index (χ3v) is 8.18. The number of sulfonamides is 1. The molecule has 2 aromatic carbocycles. The third-order valence-electron chi connectivity index (χ3n) is 6.87. The summed E-state index contributed by atoms with van der Waals surface area (Å²) in [6.45, 7) is 2.35. The van der Waals surface area contributed by atoms with Crippen molar-refractivity contribution in [3.05, 3.63) is 59.7 Å². The largest absolute Gasteiger partial charge is 0.416 e. The van der Waals surface area contributed by atoms with E-state index in [2.05, 4.69) is 26.6 Å². The van der Waals surface area contributed by atoms with E-state index in [0.29, 0.717) is 31.6 Å². The van der Waals surface area contributed by atoms with E-state index in [1.54, 1.807) is 0 Å². The summed E-state index contributed by atoms with van der Waals surface area (Å²) in [4.78, 5) is 23.6. The van der Waals surface area contributed by atoms with Gasteiger partial charge in [0.2, 0.25) is 10.0 Å². The highest BCUT2D eigenvalue weighted by molar-refractivity contribution is 7.88. The van der Waals surface area contributed by atoms with Crippen LogP contribution >= 0.6 is 0 Å². The number of halogens is 6. The molecule has 4 rings (SSSR count). The Labute approximate surface area is 251 Å². The second kappa shape index (κ2) is 14.9. The number of benzene rings is 2. The number of hydrogen-bond acceptors (Lipinski definition) is 5. The number of piperidine rings is 2. The van der Waals surface area contributed by atoms with E-state index in [9.17, 15) is 44.3 Å². The lowest BCUT2D eigenvalue weighted by molar-refractivity contribution is -0.138. The fourth-order valence-corrected chi connectivity index (χ4v) is 5.36. The fourth-order valence-electron chi connectivity index (χ4n) is 4.49. The molecule has 5 N–H and O–H groups in total. The standard InChI is InChI=1S/C14H18F3N3O3S.C13H16F3N3O/c1-24(22,23)20-8-6-12(7-9-20)19-13(21)18-11-4-2-10(3-5-11)14(15,16)17;14-13(15,16)9-1-3-10(4-2-9)18-12(20)19-11-5-7-17-8-6-11/h2-5,12H,6-9H2,1H3,(H2,18,19,21);1-4,11,17H,5-8H2,(H2,18,19,20). The monoisotopic (exact) mass is 652 g/mol. The molecule has 0 radical (unpaired) electrons. The van der Waals surface area contributed by atoms with Crippen molar-refractivity contribution in [2.75, 3.05) is 43.1 Å². The number of hydrogen-bond donors (Lipinski definition) is 5. The summed E-state index contributed by atoms with van der Waals surface area (Å²) in [7, 11) is -3.23. The van der Waals surface area contributed by atoms with Gasteiger partial charge in [-0.15, -0.1) is 0 Å². The number of amides is 4. The van der Waals surface area contributed by atoms with Gasteiger partial charge in [-0.05, 0) is 87.3 Å². The second-order valence-electron chi connectivity index (χ2n) is 10.3. The van der Waals surface area contributed by atoms with E-state index in [4.69, 9.17) is 0 Å². The van der Waals surface area contributed by atoms with Gasteiger partial charge in [-0.1, -0.05) is 0 Å². The molecule has 2 saturated heterocycles. The molecule has 0 unspecified atom stereocenters. The van der Waals surface area contributed by atoms with Crippen LogP contribution in [0.5, 0.6) is 0 Å². The Bertz CT molecular complexity index is 1340. The molecule has 0 saturated carbocycles. The lowest BCUT2D eigenvalue weighted by atomic mass is 10.1. The molecular weight excluding hydrogens is 618 g/mol. The molecule has 0 bridgehead atoms. The molecular formula is C27H34F6N6O4S. The van der Waals surface area contributed by atoms with Crippen molar-refractivity contribution in [1.29, 1.82) is 0 Å². The number of anilines is 2. The first-order valence-electron chi connectivity index (χ1n) is 13.7. The van der Waals surface area contributed by atoms with E-state index >= 15 is 0 Å². The van der Waals surface area contributed by atoms with Gasteiger partial charge in [0, 0.05) is 36.5 Å². The Morgan fingerprint density at radius 2 is 1.07 bits per heavy atom. The molecule has 10 nitrogen and oxygen atoms in total. The SMILES string of the molecule is CS(=O)(=O)N1CCC(NC(=O)Nc2ccc(C(F)(F)F)cc2)CC1.O=C(Nc1ccc(C(F)(F)F)cc1)NC1CCNCC1. The first-order valence-corrected chi connectivity index (χ1v) is 15.5. The summed E-state index contributed by atoms with van der Waals surface area (Å²) in [6, 6.07) is 7.49. The number of carbonyl (C=O) groups excluding carboxylic acids is 2. The molecule has 2 aromatic rings. The number of nitrogens with zero attached hydrogens (tertiary/aromatic N) is 1. The van der Waals surface area contributed by atoms with E-state index in [1.165, 1.54) is 28.6 Å². The van der Waals surface area contributed by atoms with Crippen LogP contribution in [0.2, 0.25) is 0 Å². The van der Waals surface area contributed by atoms with E-state index in [-0.39, 0.29) is 17.8 Å².